The first kappa shape index (κ1) is 21.7. The summed E-state index contributed by atoms with van der Waals surface area (Å²) in [5, 5.41) is 9.25. The van der Waals surface area contributed by atoms with Crippen LogP contribution in [-0.4, -0.2) is 36.9 Å². The highest BCUT2D eigenvalue weighted by Crippen LogP contribution is 2.36. The van der Waals surface area contributed by atoms with Crippen molar-refractivity contribution in [1.82, 2.24) is 0 Å². The van der Waals surface area contributed by atoms with Crippen LogP contribution in [0, 0.1) is 0 Å². The molecule has 1 heterocycles. The molecule has 3 aromatic rings. The molecule has 0 radical (unpaired) electrons. The Kier molecular flexibility index (Phi) is 6.87. The van der Waals surface area contributed by atoms with Gasteiger partial charge in [0.1, 0.15) is 12.4 Å². The van der Waals surface area contributed by atoms with Crippen molar-refractivity contribution < 1.29 is 19.4 Å². The molecular formula is C27H27NO4. The molecular weight excluding hydrogens is 402 g/mol. The van der Waals surface area contributed by atoms with Gasteiger partial charge in [-0.2, -0.15) is 0 Å². The van der Waals surface area contributed by atoms with Gasteiger partial charge in [0.2, 0.25) is 0 Å². The van der Waals surface area contributed by atoms with E-state index in [1.165, 1.54) is 16.7 Å². The lowest BCUT2D eigenvalue weighted by molar-refractivity contribution is -0.149. The van der Waals surface area contributed by atoms with Gasteiger partial charge in [0.15, 0.2) is 6.10 Å². The van der Waals surface area contributed by atoms with Gasteiger partial charge in [0, 0.05) is 30.5 Å². The Morgan fingerprint density at radius 2 is 1.69 bits per heavy atom. The fraction of sp³-hybridized carbons (Fsp3) is 0.222. The largest absolute Gasteiger partial charge is 0.492 e. The first-order valence-electron chi connectivity index (χ1n) is 10.8. The van der Waals surface area contributed by atoms with E-state index in [2.05, 4.69) is 65.7 Å². The molecule has 0 spiro atoms. The van der Waals surface area contributed by atoms with Crippen LogP contribution in [0.5, 0.6) is 5.75 Å². The number of para-hydroxylation sites is 1. The molecule has 1 unspecified atom stereocenters. The summed E-state index contributed by atoms with van der Waals surface area (Å²) in [5.41, 5.74) is 5.69. The van der Waals surface area contributed by atoms with Crippen molar-refractivity contribution in [3.63, 3.8) is 0 Å². The number of ether oxygens (including phenoxy) is 2. The predicted octanol–water partition coefficient (Wildman–Crippen LogP) is 5.26. The number of hydrogen-bond acceptors (Lipinski definition) is 4. The molecule has 1 aliphatic heterocycles. The van der Waals surface area contributed by atoms with E-state index < -0.39 is 12.1 Å². The van der Waals surface area contributed by atoms with E-state index in [4.69, 9.17) is 9.47 Å². The number of nitrogens with zero attached hydrogens (tertiary/aromatic N) is 1. The topological polar surface area (TPSA) is 59.0 Å². The molecule has 5 nitrogen and oxygen atoms in total. The molecule has 0 aromatic heterocycles. The average Bonchev–Trinajstić information content (AvgIpc) is 2.97. The zero-order chi connectivity index (χ0) is 22.3. The Labute approximate surface area is 188 Å². The van der Waals surface area contributed by atoms with Gasteiger partial charge < -0.3 is 19.5 Å². The smallest absolute Gasteiger partial charge is 0.333 e. The molecule has 32 heavy (non-hydrogen) atoms. The monoisotopic (exact) mass is 429 g/mol. The summed E-state index contributed by atoms with van der Waals surface area (Å²) < 4.78 is 11.3. The maximum absolute atomic E-state index is 11.3. The minimum atomic E-state index is -0.944. The highest BCUT2D eigenvalue weighted by atomic mass is 16.5. The zero-order valence-corrected chi connectivity index (χ0v) is 18.1. The molecule has 1 aliphatic rings. The van der Waals surface area contributed by atoms with Crippen molar-refractivity contribution in [3.05, 3.63) is 90.1 Å². The Hall–Kier alpha value is -3.57. The lowest BCUT2D eigenvalue weighted by Crippen LogP contribution is -2.26. The number of anilines is 1. The van der Waals surface area contributed by atoms with Crippen molar-refractivity contribution >= 4 is 17.7 Å². The van der Waals surface area contributed by atoms with Crippen LogP contribution in [0.3, 0.4) is 0 Å². The Bertz CT molecular complexity index is 1090. The van der Waals surface area contributed by atoms with Crippen molar-refractivity contribution in [1.29, 1.82) is 0 Å². The summed E-state index contributed by atoms with van der Waals surface area (Å²) in [5.74, 6) is -0.187. The van der Waals surface area contributed by atoms with Gasteiger partial charge in [0.05, 0.1) is 6.54 Å². The van der Waals surface area contributed by atoms with E-state index in [1.807, 2.05) is 24.3 Å². The molecule has 0 aliphatic carbocycles. The van der Waals surface area contributed by atoms with E-state index in [0.29, 0.717) is 26.2 Å². The summed E-state index contributed by atoms with van der Waals surface area (Å²) in [6.07, 6.45) is 3.75. The maximum Gasteiger partial charge on any atom is 0.333 e. The minimum absolute atomic E-state index is 0.333. The minimum Gasteiger partial charge on any atom is -0.492 e. The van der Waals surface area contributed by atoms with Gasteiger partial charge >= 0.3 is 5.97 Å². The average molecular weight is 430 g/mol. The van der Waals surface area contributed by atoms with Crippen LogP contribution < -0.4 is 9.64 Å². The van der Waals surface area contributed by atoms with Crippen LogP contribution >= 0.6 is 0 Å². The maximum atomic E-state index is 11.3. The van der Waals surface area contributed by atoms with Gasteiger partial charge in [-0.05, 0) is 47.9 Å². The second-order valence-electron chi connectivity index (χ2n) is 7.59. The molecule has 5 heteroatoms. The van der Waals surface area contributed by atoms with Gasteiger partial charge in [0.25, 0.3) is 0 Å². The fourth-order valence-electron chi connectivity index (χ4n) is 3.90. The first-order valence-corrected chi connectivity index (χ1v) is 10.8. The lowest BCUT2D eigenvalue weighted by Gasteiger charge is -2.22. The molecule has 0 fully saturated rings. The Morgan fingerprint density at radius 3 is 2.44 bits per heavy atom. The van der Waals surface area contributed by atoms with E-state index >= 15 is 0 Å². The van der Waals surface area contributed by atoms with E-state index in [-0.39, 0.29) is 0 Å². The number of hydrogen-bond donors (Lipinski definition) is 1. The standard InChI is InChI=1S/C27H27NO4/c1-2-31-26(27(29)30)19-20-11-13-22(14-12-20)32-18-17-28-16-15-21-7-3-4-8-23(21)24-9-5-6-10-25(24)28/h3-16,26H,2,17-19H2,1H3,(H,29,30). The van der Waals surface area contributed by atoms with E-state index in [9.17, 15) is 9.90 Å². The molecule has 1 N–H and O–H groups in total. The van der Waals surface area contributed by atoms with E-state index in [0.717, 1.165) is 17.0 Å². The quantitative estimate of drug-likeness (QED) is 0.503. The van der Waals surface area contributed by atoms with Gasteiger partial charge in [-0.25, -0.2) is 4.79 Å². The highest BCUT2D eigenvalue weighted by Gasteiger charge is 2.18. The molecule has 3 aromatic carbocycles. The summed E-state index contributed by atoms with van der Waals surface area (Å²) in [6.45, 7) is 3.39. The molecule has 0 amide bonds. The molecule has 0 saturated carbocycles. The fourth-order valence-corrected chi connectivity index (χ4v) is 3.90. The molecule has 4 rings (SSSR count). The molecule has 0 saturated heterocycles. The number of carboxylic acids is 1. The van der Waals surface area contributed by atoms with Crippen molar-refractivity contribution in [2.75, 3.05) is 24.7 Å². The van der Waals surface area contributed by atoms with Crippen molar-refractivity contribution in [3.8, 4) is 16.9 Å². The van der Waals surface area contributed by atoms with Crippen molar-refractivity contribution in [2.45, 2.75) is 19.4 Å². The van der Waals surface area contributed by atoms with Crippen LogP contribution in [0.2, 0.25) is 0 Å². The summed E-state index contributed by atoms with van der Waals surface area (Å²) >= 11 is 0. The second-order valence-corrected chi connectivity index (χ2v) is 7.59. The number of fused-ring (bicyclic) bond motifs is 3. The van der Waals surface area contributed by atoms with Crippen LogP contribution in [-0.2, 0) is 16.0 Å². The van der Waals surface area contributed by atoms with Crippen LogP contribution in [0.4, 0.5) is 5.69 Å². The van der Waals surface area contributed by atoms with Crippen LogP contribution in [0.25, 0.3) is 17.2 Å². The number of carboxylic acid groups (broad SMARTS) is 1. The summed E-state index contributed by atoms with van der Waals surface area (Å²) in [6, 6.07) is 24.4. The normalized spacial score (nSPS) is 13.1. The second kappa shape index (κ2) is 10.2. The number of benzene rings is 3. The first-order chi connectivity index (χ1) is 15.7. The third-order valence-corrected chi connectivity index (χ3v) is 5.49. The summed E-state index contributed by atoms with van der Waals surface area (Å²) in [4.78, 5) is 13.5. The van der Waals surface area contributed by atoms with Gasteiger partial charge in [-0.15, -0.1) is 0 Å². The SMILES string of the molecule is CCOC(Cc1ccc(OCCN2C=Cc3ccccc3-c3ccccc32)cc1)C(=O)O. The molecule has 164 valence electrons. The van der Waals surface area contributed by atoms with Gasteiger partial charge in [-0.3, -0.25) is 0 Å². The zero-order valence-electron chi connectivity index (χ0n) is 18.1. The molecule has 0 bridgehead atoms. The Morgan fingerprint density at radius 1 is 0.969 bits per heavy atom. The number of aliphatic carboxylic acids is 1. The van der Waals surface area contributed by atoms with Crippen molar-refractivity contribution in [2.24, 2.45) is 0 Å². The third-order valence-electron chi connectivity index (χ3n) is 5.49. The third kappa shape index (κ3) is 5.01. The number of carbonyl (C=O) groups is 1. The van der Waals surface area contributed by atoms with Gasteiger partial charge in [-0.1, -0.05) is 54.6 Å². The lowest BCUT2D eigenvalue weighted by atomic mass is 9.99. The van der Waals surface area contributed by atoms with E-state index in [1.54, 1.807) is 6.92 Å². The van der Waals surface area contributed by atoms with Crippen LogP contribution in [0.15, 0.2) is 79.0 Å². The predicted molar refractivity (Wildman–Crippen MR) is 127 cm³/mol. The summed E-state index contributed by atoms with van der Waals surface area (Å²) in [7, 11) is 0. The Balaban J connectivity index is 1.39. The number of rotatable bonds is 9. The van der Waals surface area contributed by atoms with Crippen LogP contribution in [0.1, 0.15) is 18.1 Å². The molecule has 1 atom stereocenters. The highest BCUT2D eigenvalue weighted by molar-refractivity contribution is 5.87.